The molecule has 0 amide bonds. The van der Waals surface area contributed by atoms with Gasteiger partial charge in [-0.05, 0) is 46.8 Å². The summed E-state index contributed by atoms with van der Waals surface area (Å²) < 4.78 is 18.4. The number of fused-ring (bicyclic) bond motifs is 2. The Morgan fingerprint density at radius 3 is 2.57 bits per heavy atom. The van der Waals surface area contributed by atoms with Crippen molar-refractivity contribution >= 4 is 16.7 Å². The fourth-order valence-electron chi connectivity index (χ4n) is 3.50. The Bertz CT molecular complexity index is 1210. The first-order valence-electron chi connectivity index (χ1n) is 8.96. The van der Waals surface area contributed by atoms with Crippen molar-refractivity contribution in [1.29, 1.82) is 0 Å². The Kier molecular flexibility index (Phi) is 3.79. The number of aromatic nitrogens is 1. The highest BCUT2D eigenvalue weighted by molar-refractivity contribution is 6.02. The van der Waals surface area contributed by atoms with E-state index in [1.165, 1.54) is 0 Å². The molecule has 0 aliphatic carbocycles. The van der Waals surface area contributed by atoms with Crippen molar-refractivity contribution in [1.82, 2.24) is 4.57 Å². The van der Waals surface area contributed by atoms with Crippen LogP contribution in [0, 0.1) is 0 Å². The molecule has 5 heteroatoms. The van der Waals surface area contributed by atoms with Gasteiger partial charge in [0.15, 0.2) is 11.5 Å². The van der Waals surface area contributed by atoms with Crippen LogP contribution in [-0.4, -0.2) is 17.3 Å². The minimum atomic E-state index is -0.381. The van der Waals surface area contributed by atoms with Crippen LogP contribution in [0.2, 0.25) is 0 Å². The molecule has 0 bridgehead atoms. The van der Waals surface area contributed by atoms with Gasteiger partial charge in [-0.15, -0.1) is 0 Å². The molecule has 1 aliphatic heterocycles. The smallest absolute Gasteiger partial charge is 0.360 e. The highest BCUT2D eigenvalue weighted by Crippen LogP contribution is 2.39. The predicted octanol–water partition coefficient (Wildman–Crippen LogP) is 4.79. The SMILES string of the molecule is Cn1cccc1C(=O)Oc1ccc(-c2ccc3c(c2)OCO3)c2ccccc12. The van der Waals surface area contributed by atoms with Crippen molar-refractivity contribution < 1.29 is 19.0 Å². The van der Waals surface area contributed by atoms with Crippen molar-refractivity contribution in [2.24, 2.45) is 7.05 Å². The van der Waals surface area contributed by atoms with Crippen LogP contribution in [0.15, 0.2) is 72.9 Å². The van der Waals surface area contributed by atoms with Crippen LogP contribution in [0.25, 0.3) is 21.9 Å². The van der Waals surface area contributed by atoms with Gasteiger partial charge in [-0.2, -0.15) is 0 Å². The van der Waals surface area contributed by atoms with Crippen molar-refractivity contribution in [3.05, 3.63) is 78.6 Å². The summed E-state index contributed by atoms with van der Waals surface area (Å²) in [6, 6.07) is 21.1. The molecule has 0 spiro atoms. The zero-order valence-corrected chi connectivity index (χ0v) is 15.2. The third-order valence-electron chi connectivity index (χ3n) is 4.92. The topological polar surface area (TPSA) is 49.7 Å². The average molecular weight is 371 g/mol. The Balaban J connectivity index is 1.58. The van der Waals surface area contributed by atoms with Crippen molar-refractivity contribution in [2.45, 2.75) is 0 Å². The van der Waals surface area contributed by atoms with E-state index in [2.05, 4.69) is 0 Å². The molecule has 0 saturated heterocycles. The molecular weight excluding hydrogens is 354 g/mol. The van der Waals surface area contributed by atoms with Crippen LogP contribution < -0.4 is 14.2 Å². The summed E-state index contributed by atoms with van der Waals surface area (Å²) in [6.45, 7) is 0.244. The third-order valence-corrected chi connectivity index (χ3v) is 4.92. The van der Waals surface area contributed by atoms with E-state index in [0.29, 0.717) is 11.4 Å². The third kappa shape index (κ3) is 2.68. The van der Waals surface area contributed by atoms with Crippen LogP contribution in [-0.2, 0) is 7.05 Å². The van der Waals surface area contributed by atoms with Gasteiger partial charge in [-0.25, -0.2) is 4.79 Å². The number of benzene rings is 3. The molecule has 1 aliphatic rings. The van der Waals surface area contributed by atoms with Crippen LogP contribution in [0.4, 0.5) is 0 Å². The fourth-order valence-corrected chi connectivity index (χ4v) is 3.50. The molecule has 28 heavy (non-hydrogen) atoms. The zero-order valence-electron chi connectivity index (χ0n) is 15.2. The van der Waals surface area contributed by atoms with E-state index < -0.39 is 0 Å². The lowest BCUT2D eigenvalue weighted by Gasteiger charge is -2.12. The summed E-state index contributed by atoms with van der Waals surface area (Å²) in [5.41, 5.74) is 2.55. The summed E-state index contributed by atoms with van der Waals surface area (Å²) in [5.74, 6) is 1.64. The highest BCUT2D eigenvalue weighted by atomic mass is 16.7. The molecule has 3 aromatic carbocycles. The summed E-state index contributed by atoms with van der Waals surface area (Å²) in [6.07, 6.45) is 1.82. The van der Waals surface area contributed by atoms with Crippen molar-refractivity contribution in [2.75, 3.05) is 6.79 Å². The monoisotopic (exact) mass is 371 g/mol. The lowest BCUT2D eigenvalue weighted by Crippen LogP contribution is -2.12. The zero-order chi connectivity index (χ0) is 19.1. The van der Waals surface area contributed by atoms with Gasteiger partial charge in [-0.1, -0.05) is 36.4 Å². The molecule has 0 unspecified atom stereocenters. The van der Waals surface area contributed by atoms with Crippen molar-refractivity contribution in [3.63, 3.8) is 0 Å². The first kappa shape index (κ1) is 16.4. The van der Waals surface area contributed by atoms with E-state index >= 15 is 0 Å². The molecule has 5 nitrogen and oxygen atoms in total. The number of carbonyl (C=O) groups excluding carboxylic acids is 1. The molecule has 4 aromatic rings. The largest absolute Gasteiger partial charge is 0.454 e. The van der Waals surface area contributed by atoms with Gasteiger partial charge in [-0.3, -0.25) is 0 Å². The van der Waals surface area contributed by atoms with Gasteiger partial charge in [0.05, 0.1) is 0 Å². The number of hydrogen-bond acceptors (Lipinski definition) is 4. The van der Waals surface area contributed by atoms with Crippen LogP contribution in [0.1, 0.15) is 10.5 Å². The van der Waals surface area contributed by atoms with Gasteiger partial charge in [0, 0.05) is 18.6 Å². The number of ether oxygens (including phenoxy) is 3. The van der Waals surface area contributed by atoms with E-state index in [1.54, 1.807) is 10.6 Å². The molecular formula is C23H17NO4. The number of rotatable bonds is 3. The van der Waals surface area contributed by atoms with Gasteiger partial charge in [0.2, 0.25) is 6.79 Å². The Morgan fingerprint density at radius 2 is 1.75 bits per heavy atom. The van der Waals surface area contributed by atoms with E-state index in [1.807, 2.05) is 73.9 Å². The molecule has 0 saturated carbocycles. The Hall–Kier alpha value is -3.73. The number of carbonyl (C=O) groups is 1. The molecule has 1 aromatic heterocycles. The molecule has 2 heterocycles. The second-order valence-corrected chi connectivity index (χ2v) is 6.62. The second-order valence-electron chi connectivity index (χ2n) is 6.62. The van der Waals surface area contributed by atoms with E-state index in [0.717, 1.165) is 33.4 Å². The number of aryl methyl sites for hydroxylation is 1. The minimum Gasteiger partial charge on any atom is -0.454 e. The highest BCUT2D eigenvalue weighted by Gasteiger charge is 2.17. The van der Waals surface area contributed by atoms with Crippen LogP contribution in [0.5, 0.6) is 17.2 Å². The lowest BCUT2D eigenvalue weighted by atomic mass is 9.97. The molecule has 0 fully saturated rings. The van der Waals surface area contributed by atoms with Crippen LogP contribution >= 0.6 is 0 Å². The number of nitrogens with zero attached hydrogens (tertiary/aromatic N) is 1. The fraction of sp³-hybridized carbons (Fsp3) is 0.0870. The van der Waals surface area contributed by atoms with Crippen LogP contribution in [0.3, 0.4) is 0 Å². The van der Waals surface area contributed by atoms with Gasteiger partial charge in [0.1, 0.15) is 11.4 Å². The van der Waals surface area contributed by atoms with Crippen molar-refractivity contribution in [3.8, 4) is 28.4 Å². The Labute approximate surface area is 161 Å². The first-order valence-corrected chi connectivity index (χ1v) is 8.96. The molecule has 5 rings (SSSR count). The molecule has 0 N–H and O–H groups in total. The van der Waals surface area contributed by atoms with Gasteiger partial charge < -0.3 is 18.8 Å². The summed E-state index contributed by atoms with van der Waals surface area (Å²) in [5, 5.41) is 1.87. The summed E-state index contributed by atoms with van der Waals surface area (Å²) in [4.78, 5) is 12.5. The van der Waals surface area contributed by atoms with Gasteiger partial charge >= 0.3 is 5.97 Å². The lowest BCUT2D eigenvalue weighted by molar-refractivity contribution is 0.0727. The quantitative estimate of drug-likeness (QED) is 0.384. The van der Waals surface area contributed by atoms with E-state index in [4.69, 9.17) is 14.2 Å². The van der Waals surface area contributed by atoms with E-state index in [-0.39, 0.29) is 12.8 Å². The number of hydrogen-bond donors (Lipinski definition) is 0. The van der Waals surface area contributed by atoms with E-state index in [9.17, 15) is 4.79 Å². The molecule has 0 radical (unpaired) electrons. The normalized spacial score (nSPS) is 12.3. The predicted molar refractivity (Wildman–Crippen MR) is 106 cm³/mol. The molecule has 0 atom stereocenters. The maximum absolute atomic E-state index is 12.5. The second kappa shape index (κ2) is 6.46. The van der Waals surface area contributed by atoms with Gasteiger partial charge in [0.25, 0.3) is 0 Å². The first-order chi connectivity index (χ1) is 13.7. The standard InChI is InChI=1S/C23H17NO4/c1-24-12-4-7-19(24)23(25)28-20-11-9-16(17-5-2-3-6-18(17)20)15-8-10-21-22(13-15)27-14-26-21/h2-13H,14H2,1H3. The number of esters is 1. The maximum atomic E-state index is 12.5. The minimum absolute atomic E-state index is 0.244. The average Bonchev–Trinajstić information content (AvgIpc) is 3.36. The maximum Gasteiger partial charge on any atom is 0.360 e. The summed E-state index contributed by atoms with van der Waals surface area (Å²) >= 11 is 0. The summed E-state index contributed by atoms with van der Waals surface area (Å²) in [7, 11) is 1.82. The molecule has 138 valence electrons. The Morgan fingerprint density at radius 1 is 0.929 bits per heavy atom.